The maximum Gasteiger partial charge on any atom is 0.317 e. The number of amides is 2. The van der Waals surface area contributed by atoms with Crippen molar-refractivity contribution >= 4 is 6.03 Å². The number of nitrogens with zero attached hydrogens (tertiary/aromatic N) is 3. The molecule has 5 heteroatoms. The maximum absolute atomic E-state index is 12.7. The van der Waals surface area contributed by atoms with E-state index in [0.29, 0.717) is 18.4 Å². The summed E-state index contributed by atoms with van der Waals surface area (Å²) in [6, 6.07) is 11.0. The van der Waals surface area contributed by atoms with E-state index in [-0.39, 0.29) is 12.1 Å². The van der Waals surface area contributed by atoms with Crippen molar-refractivity contribution in [2.45, 2.75) is 38.3 Å². The number of carbonyl (C=O) groups is 1. The molecule has 25 heavy (non-hydrogen) atoms. The minimum atomic E-state index is 0.0125. The Bertz CT molecular complexity index is 736. The summed E-state index contributed by atoms with van der Waals surface area (Å²) in [5, 5.41) is 7.69. The molecule has 132 valence electrons. The van der Waals surface area contributed by atoms with Crippen LogP contribution in [-0.2, 0) is 26.4 Å². The van der Waals surface area contributed by atoms with E-state index in [9.17, 15) is 4.79 Å². The first-order valence-electron chi connectivity index (χ1n) is 9.17. The van der Waals surface area contributed by atoms with Crippen LogP contribution >= 0.6 is 0 Å². The van der Waals surface area contributed by atoms with Crippen molar-refractivity contribution in [3.8, 4) is 0 Å². The van der Waals surface area contributed by atoms with E-state index in [0.717, 1.165) is 18.5 Å². The highest BCUT2D eigenvalue weighted by molar-refractivity contribution is 5.74. The van der Waals surface area contributed by atoms with Gasteiger partial charge in [0.2, 0.25) is 0 Å². The highest BCUT2D eigenvalue weighted by Gasteiger charge is 2.40. The third-order valence-electron chi connectivity index (χ3n) is 5.81. The summed E-state index contributed by atoms with van der Waals surface area (Å²) in [7, 11) is 3.74. The fourth-order valence-electron chi connectivity index (χ4n) is 4.50. The molecule has 2 amide bonds. The first-order chi connectivity index (χ1) is 12.1. The Labute approximate surface area is 149 Å². The Morgan fingerprint density at radius 1 is 1.20 bits per heavy atom. The van der Waals surface area contributed by atoms with Crippen molar-refractivity contribution < 1.29 is 4.79 Å². The predicted molar refractivity (Wildman–Crippen MR) is 97.1 cm³/mol. The minimum absolute atomic E-state index is 0.0125. The number of aromatic nitrogens is 2. The van der Waals surface area contributed by atoms with Gasteiger partial charge in [-0.15, -0.1) is 0 Å². The van der Waals surface area contributed by atoms with Gasteiger partial charge < -0.3 is 10.2 Å². The van der Waals surface area contributed by atoms with Crippen LogP contribution in [0.25, 0.3) is 0 Å². The molecule has 2 aliphatic rings. The van der Waals surface area contributed by atoms with E-state index < -0.39 is 0 Å². The molecule has 2 atom stereocenters. The number of rotatable bonds is 3. The minimum Gasteiger partial charge on any atom is -0.335 e. The van der Waals surface area contributed by atoms with Crippen LogP contribution in [-0.4, -0.2) is 33.8 Å². The van der Waals surface area contributed by atoms with Crippen LogP contribution in [0, 0.1) is 11.8 Å². The second-order valence-electron chi connectivity index (χ2n) is 7.59. The lowest BCUT2D eigenvalue weighted by atomic mass is 9.94. The summed E-state index contributed by atoms with van der Waals surface area (Å²) in [6.07, 6.45) is 6.51. The van der Waals surface area contributed by atoms with Crippen LogP contribution in [0.2, 0.25) is 0 Å². The van der Waals surface area contributed by atoms with E-state index in [4.69, 9.17) is 0 Å². The van der Waals surface area contributed by atoms with Crippen molar-refractivity contribution in [3.05, 3.63) is 53.3 Å². The molecule has 1 N–H and O–H groups in total. The lowest BCUT2D eigenvalue weighted by Crippen LogP contribution is -2.47. The molecule has 1 saturated carbocycles. The normalized spacial score (nSPS) is 24.5. The Morgan fingerprint density at radius 3 is 2.40 bits per heavy atom. The second kappa shape index (κ2) is 6.54. The van der Waals surface area contributed by atoms with Gasteiger partial charge in [0.15, 0.2) is 0 Å². The SMILES string of the molecule is CN(Cc1ccn(C)n1)C(=O)NC1C2CCC1Cc1ccccc1C2. The third kappa shape index (κ3) is 3.28. The first kappa shape index (κ1) is 16.2. The molecular weight excluding hydrogens is 312 g/mol. The molecule has 2 unspecified atom stereocenters. The molecule has 0 saturated heterocycles. The number of urea groups is 1. The average Bonchev–Trinajstić information content (AvgIpc) is 3.10. The van der Waals surface area contributed by atoms with Crippen LogP contribution in [0.1, 0.15) is 29.7 Å². The number of fused-ring (bicyclic) bond motifs is 3. The van der Waals surface area contributed by atoms with Gasteiger partial charge in [-0.3, -0.25) is 4.68 Å². The van der Waals surface area contributed by atoms with Crippen molar-refractivity contribution in [2.24, 2.45) is 18.9 Å². The largest absolute Gasteiger partial charge is 0.335 e. The zero-order chi connectivity index (χ0) is 17.4. The molecule has 4 rings (SSSR count). The number of carbonyl (C=O) groups excluding carboxylic acids is 1. The Hall–Kier alpha value is -2.30. The zero-order valence-electron chi connectivity index (χ0n) is 15.0. The molecule has 1 fully saturated rings. The molecule has 2 aliphatic carbocycles. The van der Waals surface area contributed by atoms with Gasteiger partial charge in [0.1, 0.15) is 0 Å². The van der Waals surface area contributed by atoms with Crippen molar-refractivity contribution in [2.75, 3.05) is 7.05 Å². The molecule has 1 heterocycles. The quantitative estimate of drug-likeness (QED) is 0.935. The molecule has 2 bridgehead atoms. The molecule has 0 radical (unpaired) electrons. The third-order valence-corrected chi connectivity index (χ3v) is 5.81. The number of hydrogen-bond acceptors (Lipinski definition) is 2. The van der Waals surface area contributed by atoms with Gasteiger partial charge in [0.25, 0.3) is 0 Å². The Balaban J connectivity index is 1.43. The van der Waals surface area contributed by atoms with Crippen LogP contribution < -0.4 is 5.32 Å². The van der Waals surface area contributed by atoms with Gasteiger partial charge in [0.05, 0.1) is 12.2 Å². The molecule has 2 aromatic rings. The van der Waals surface area contributed by atoms with Crippen molar-refractivity contribution in [1.29, 1.82) is 0 Å². The summed E-state index contributed by atoms with van der Waals surface area (Å²) in [6.45, 7) is 0.537. The van der Waals surface area contributed by atoms with Gasteiger partial charge in [-0.05, 0) is 54.7 Å². The highest BCUT2D eigenvalue weighted by atomic mass is 16.2. The van der Waals surface area contributed by atoms with E-state index in [1.807, 2.05) is 26.4 Å². The number of hydrogen-bond donors (Lipinski definition) is 1. The van der Waals surface area contributed by atoms with Crippen LogP contribution in [0.5, 0.6) is 0 Å². The number of aryl methyl sites for hydroxylation is 1. The molecule has 5 nitrogen and oxygen atoms in total. The van der Waals surface area contributed by atoms with E-state index in [1.54, 1.807) is 9.58 Å². The number of nitrogens with one attached hydrogen (secondary N) is 1. The van der Waals surface area contributed by atoms with Crippen molar-refractivity contribution in [1.82, 2.24) is 20.0 Å². The fraction of sp³-hybridized carbons (Fsp3) is 0.500. The lowest BCUT2D eigenvalue weighted by molar-refractivity contribution is 0.194. The summed E-state index contributed by atoms with van der Waals surface area (Å²) in [4.78, 5) is 14.4. The van der Waals surface area contributed by atoms with Gasteiger partial charge in [-0.25, -0.2) is 4.79 Å². The fourth-order valence-corrected chi connectivity index (χ4v) is 4.50. The van der Waals surface area contributed by atoms with Crippen LogP contribution in [0.3, 0.4) is 0 Å². The van der Waals surface area contributed by atoms with Gasteiger partial charge in [0, 0.05) is 26.3 Å². The van der Waals surface area contributed by atoms with Crippen LogP contribution in [0.15, 0.2) is 36.5 Å². The van der Waals surface area contributed by atoms with Gasteiger partial charge >= 0.3 is 6.03 Å². The van der Waals surface area contributed by atoms with Gasteiger partial charge in [-0.1, -0.05) is 24.3 Å². The summed E-state index contributed by atoms with van der Waals surface area (Å²) < 4.78 is 1.77. The van der Waals surface area contributed by atoms with Crippen LogP contribution in [0.4, 0.5) is 4.79 Å². The molecular formula is C20H26N4O. The predicted octanol–water partition coefficient (Wildman–Crippen LogP) is 2.76. The standard InChI is InChI=1S/C20H26N4O/c1-23(13-18-9-10-24(2)22-18)20(25)21-19-16-7-8-17(19)12-15-6-4-3-5-14(15)11-16/h3-6,9-10,16-17,19H,7-8,11-13H2,1-2H3,(H,21,25). The smallest absolute Gasteiger partial charge is 0.317 e. The van der Waals surface area contributed by atoms with E-state index >= 15 is 0 Å². The Morgan fingerprint density at radius 2 is 1.84 bits per heavy atom. The highest BCUT2D eigenvalue weighted by Crippen LogP contribution is 2.40. The summed E-state index contributed by atoms with van der Waals surface area (Å²) >= 11 is 0. The zero-order valence-corrected chi connectivity index (χ0v) is 15.0. The van der Waals surface area contributed by atoms with Crippen molar-refractivity contribution in [3.63, 3.8) is 0 Å². The summed E-state index contributed by atoms with van der Waals surface area (Å²) in [5.41, 5.74) is 3.85. The van der Waals surface area contributed by atoms with E-state index in [2.05, 4.69) is 34.7 Å². The molecule has 1 aromatic carbocycles. The molecule has 1 aromatic heterocycles. The lowest BCUT2D eigenvalue weighted by Gasteiger charge is -2.27. The second-order valence-corrected chi connectivity index (χ2v) is 7.59. The monoisotopic (exact) mass is 338 g/mol. The first-order valence-corrected chi connectivity index (χ1v) is 9.17. The Kier molecular flexibility index (Phi) is 4.24. The molecule has 0 aliphatic heterocycles. The number of benzene rings is 1. The average molecular weight is 338 g/mol. The van der Waals surface area contributed by atoms with Gasteiger partial charge in [-0.2, -0.15) is 5.10 Å². The topological polar surface area (TPSA) is 50.2 Å². The van der Waals surface area contributed by atoms with E-state index in [1.165, 1.54) is 24.0 Å². The maximum atomic E-state index is 12.7. The summed E-state index contributed by atoms with van der Waals surface area (Å²) in [5.74, 6) is 1.11. The molecule has 0 spiro atoms.